The predicted octanol–water partition coefficient (Wildman–Crippen LogP) is 1.83. The fourth-order valence-corrected chi connectivity index (χ4v) is 1.60. The van der Waals surface area contributed by atoms with E-state index in [2.05, 4.69) is 15.9 Å². The number of hydrogen-bond acceptors (Lipinski definition) is 3. The molecule has 0 aliphatic carbocycles. The van der Waals surface area contributed by atoms with Gasteiger partial charge in [-0.15, -0.1) is 0 Å². The molecule has 0 fully saturated rings. The number of hydrogen-bond donors (Lipinski definition) is 1. The molecule has 0 saturated carbocycles. The highest BCUT2D eigenvalue weighted by atomic mass is 79.9. The number of rotatable bonds is 2. The van der Waals surface area contributed by atoms with Crippen LogP contribution >= 0.6 is 15.9 Å². The van der Waals surface area contributed by atoms with Crippen LogP contribution in [-0.4, -0.2) is 4.57 Å². The molecule has 0 unspecified atom stereocenters. The number of halogens is 1. The molecule has 2 rings (SSSR count). The summed E-state index contributed by atoms with van der Waals surface area (Å²) in [7, 11) is 0. The molecule has 0 spiro atoms. The molecule has 2 N–H and O–H groups in total. The van der Waals surface area contributed by atoms with E-state index in [0.29, 0.717) is 11.2 Å². The van der Waals surface area contributed by atoms with Crippen molar-refractivity contribution < 1.29 is 4.42 Å². The molecule has 0 aromatic carbocycles. The first-order valence-corrected chi connectivity index (χ1v) is 5.14. The molecule has 0 amide bonds. The Hall–Kier alpha value is -1.49. The molecule has 0 aliphatic heterocycles. The molecule has 2 aromatic heterocycles. The standard InChI is InChI=1S/C10H9BrN2O2/c11-10-2-1-7(15-10)5-13-4-3-9(14)8(12)6-13/h1-4,6H,5,12H2. The van der Waals surface area contributed by atoms with E-state index < -0.39 is 0 Å². The third kappa shape index (κ3) is 2.30. The first kappa shape index (κ1) is 10.0. The van der Waals surface area contributed by atoms with Crippen molar-refractivity contribution >= 4 is 21.6 Å². The Morgan fingerprint density at radius 2 is 2.20 bits per heavy atom. The van der Waals surface area contributed by atoms with Crippen LogP contribution in [-0.2, 0) is 6.54 Å². The fraction of sp³-hybridized carbons (Fsp3) is 0.100. The third-order valence-corrected chi connectivity index (χ3v) is 2.40. The molecule has 78 valence electrons. The van der Waals surface area contributed by atoms with Crippen LogP contribution in [0.4, 0.5) is 5.69 Å². The van der Waals surface area contributed by atoms with Crippen LogP contribution in [0.2, 0.25) is 0 Å². The smallest absolute Gasteiger partial charge is 0.204 e. The Bertz CT molecular complexity index is 530. The van der Waals surface area contributed by atoms with Crippen LogP contribution < -0.4 is 11.2 Å². The summed E-state index contributed by atoms with van der Waals surface area (Å²) in [6.07, 6.45) is 3.27. The van der Waals surface area contributed by atoms with Gasteiger partial charge in [-0.25, -0.2) is 0 Å². The van der Waals surface area contributed by atoms with Gasteiger partial charge in [-0.2, -0.15) is 0 Å². The second-order valence-corrected chi connectivity index (χ2v) is 3.92. The first-order chi connectivity index (χ1) is 7.15. The van der Waals surface area contributed by atoms with Gasteiger partial charge in [-0.3, -0.25) is 4.79 Å². The van der Waals surface area contributed by atoms with Crippen LogP contribution in [0.1, 0.15) is 5.76 Å². The van der Waals surface area contributed by atoms with Crippen LogP contribution in [0.15, 0.2) is 44.5 Å². The first-order valence-electron chi connectivity index (χ1n) is 4.35. The molecule has 0 radical (unpaired) electrons. The van der Waals surface area contributed by atoms with Gasteiger partial charge in [0.2, 0.25) is 5.43 Å². The van der Waals surface area contributed by atoms with Gasteiger partial charge in [0.1, 0.15) is 5.76 Å². The number of nitrogen functional groups attached to an aromatic ring is 1. The monoisotopic (exact) mass is 268 g/mol. The van der Waals surface area contributed by atoms with E-state index >= 15 is 0 Å². The minimum Gasteiger partial charge on any atom is -0.452 e. The predicted molar refractivity (Wildman–Crippen MR) is 60.6 cm³/mol. The quantitative estimate of drug-likeness (QED) is 0.904. The lowest BCUT2D eigenvalue weighted by Crippen LogP contribution is -2.10. The Balaban J connectivity index is 2.25. The number of anilines is 1. The van der Waals surface area contributed by atoms with Crippen LogP contribution in [0, 0.1) is 0 Å². The molecule has 0 bridgehead atoms. The summed E-state index contributed by atoms with van der Waals surface area (Å²) in [5.41, 5.74) is 5.58. The summed E-state index contributed by atoms with van der Waals surface area (Å²) < 4.78 is 7.81. The van der Waals surface area contributed by atoms with Crippen LogP contribution in [0.5, 0.6) is 0 Å². The van der Waals surface area contributed by atoms with E-state index in [0.717, 1.165) is 5.76 Å². The Kier molecular flexibility index (Phi) is 2.64. The fourth-order valence-electron chi connectivity index (χ4n) is 1.26. The number of furan rings is 1. The topological polar surface area (TPSA) is 61.2 Å². The SMILES string of the molecule is Nc1cn(Cc2ccc(Br)o2)ccc1=O. The molecular formula is C10H9BrN2O2. The summed E-state index contributed by atoms with van der Waals surface area (Å²) >= 11 is 3.22. The lowest BCUT2D eigenvalue weighted by molar-refractivity contribution is 0.473. The summed E-state index contributed by atoms with van der Waals surface area (Å²) in [6, 6.07) is 5.12. The van der Waals surface area contributed by atoms with E-state index in [1.807, 2.05) is 12.1 Å². The number of aromatic nitrogens is 1. The molecule has 15 heavy (non-hydrogen) atoms. The Morgan fingerprint density at radius 1 is 1.40 bits per heavy atom. The zero-order chi connectivity index (χ0) is 10.8. The average molecular weight is 269 g/mol. The minimum atomic E-state index is -0.160. The molecule has 2 heterocycles. The minimum absolute atomic E-state index is 0.160. The zero-order valence-electron chi connectivity index (χ0n) is 7.81. The second kappa shape index (κ2) is 3.94. The average Bonchev–Trinajstić information content (AvgIpc) is 2.58. The highest BCUT2D eigenvalue weighted by Crippen LogP contribution is 2.14. The number of nitrogens with two attached hydrogens (primary N) is 1. The van der Waals surface area contributed by atoms with Gasteiger partial charge in [0.25, 0.3) is 0 Å². The van der Waals surface area contributed by atoms with Crippen LogP contribution in [0.25, 0.3) is 0 Å². The van der Waals surface area contributed by atoms with Gasteiger partial charge >= 0.3 is 0 Å². The molecule has 0 atom stereocenters. The van der Waals surface area contributed by atoms with Crippen molar-refractivity contribution in [2.24, 2.45) is 0 Å². The number of pyridine rings is 1. The third-order valence-electron chi connectivity index (χ3n) is 1.97. The highest BCUT2D eigenvalue weighted by molar-refractivity contribution is 9.10. The van der Waals surface area contributed by atoms with E-state index in [1.165, 1.54) is 6.07 Å². The van der Waals surface area contributed by atoms with Crippen molar-refractivity contribution in [2.75, 3.05) is 5.73 Å². The molecule has 5 heteroatoms. The van der Waals surface area contributed by atoms with Gasteiger partial charge < -0.3 is 14.7 Å². The van der Waals surface area contributed by atoms with E-state index in [1.54, 1.807) is 17.0 Å². The summed E-state index contributed by atoms with van der Waals surface area (Å²) in [5.74, 6) is 0.796. The van der Waals surface area contributed by atoms with Gasteiger partial charge in [0.15, 0.2) is 4.67 Å². The summed E-state index contributed by atoms with van der Waals surface area (Å²) in [6.45, 7) is 0.552. The Labute approximate surface area is 94.4 Å². The van der Waals surface area contributed by atoms with Gasteiger partial charge in [0, 0.05) is 18.5 Å². The van der Waals surface area contributed by atoms with Crippen molar-refractivity contribution in [3.05, 3.63) is 51.2 Å². The van der Waals surface area contributed by atoms with Crippen LogP contribution in [0.3, 0.4) is 0 Å². The maximum Gasteiger partial charge on any atom is 0.204 e. The molecule has 0 aliphatic rings. The molecule has 2 aromatic rings. The van der Waals surface area contributed by atoms with E-state index in [-0.39, 0.29) is 11.1 Å². The maximum atomic E-state index is 11.1. The zero-order valence-corrected chi connectivity index (χ0v) is 9.40. The van der Waals surface area contributed by atoms with Crippen molar-refractivity contribution in [1.82, 2.24) is 4.57 Å². The second-order valence-electron chi connectivity index (χ2n) is 3.14. The van der Waals surface area contributed by atoms with Crippen molar-refractivity contribution in [2.45, 2.75) is 6.54 Å². The summed E-state index contributed by atoms with van der Waals surface area (Å²) in [4.78, 5) is 11.1. The molecular weight excluding hydrogens is 260 g/mol. The normalized spacial score (nSPS) is 10.5. The lowest BCUT2D eigenvalue weighted by atomic mass is 10.4. The highest BCUT2D eigenvalue weighted by Gasteiger charge is 2.01. The van der Waals surface area contributed by atoms with Crippen molar-refractivity contribution in [1.29, 1.82) is 0 Å². The van der Waals surface area contributed by atoms with E-state index in [4.69, 9.17) is 10.2 Å². The number of nitrogens with zero attached hydrogens (tertiary/aromatic N) is 1. The molecule has 4 nitrogen and oxygen atoms in total. The van der Waals surface area contributed by atoms with Gasteiger partial charge in [-0.05, 0) is 28.1 Å². The van der Waals surface area contributed by atoms with Crippen molar-refractivity contribution in [3.8, 4) is 0 Å². The van der Waals surface area contributed by atoms with Gasteiger partial charge in [-0.1, -0.05) is 0 Å². The van der Waals surface area contributed by atoms with Gasteiger partial charge in [0.05, 0.1) is 12.2 Å². The maximum absolute atomic E-state index is 11.1. The van der Waals surface area contributed by atoms with Crippen molar-refractivity contribution in [3.63, 3.8) is 0 Å². The molecule has 0 saturated heterocycles. The Morgan fingerprint density at radius 3 is 2.80 bits per heavy atom. The lowest BCUT2D eigenvalue weighted by Gasteiger charge is -2.03. The van der Waals surface area contributed by atoms with E-state index in [9.17, 15) is 4.79 Å². The summed E-state index contributed by atoms with van der Waals surface area (Å²) in [5, 5.41) is 0. The largest absolute Gasteiger partial charge is 0.452 e.